The molecule has 1 aromatic carbocycles. The van der Waals surface area contributed by atoms with Gasteiger partial charge in [-0.1, -0.05) is 6.07 Å². The van der Waals surface area contributed by atoms with Crippen LogP contribution >= 0.6 is 23.1 Å². The second kappa shape index (κ2) is 6.49. The first kappa shape index (κ1) is 14.4. The van der Waals surface area contributed by atoms with Crippen LogP contribution in [-0.2, 0) is 0 Å². The minimum Gasteiger partial charge on any atom is -0.323 e. The van der Waals surface area contributed by atoms with E-state index in [1.807, 2.05) is 33.2 Å². The zero-order valence-electron chi connectivity index (χ0n) is 11.9. The zero-order chi connectivity index (χ0) is 14.7. The molecule has 0 saturated carbocycles. The Morgan fingerprint density at radius 2 is 2.14 bits per heavy atom. The number of aromatic nitrogens is 1. The molecule has 2 aromatic rings. The maximum Gasteiger partial charge on any atom is 0.346 e. The third kappa shape index (κ3) is 3.22. The monoisotopic (exact) mass is 319 g/mol. The number of nitrogens with zero attached hydrogens (tertiary/aromatic N) is 3. The van der Waals surface area contributed by atoms with E-state index in [1.165, 1.54) is 16.2 Å². The van der Waals surface area contributed by atoms with Crippen molar-refractivity contribution < 1.29 is 4.79 Å². The Kier molecular flexibility index (Phi) is 4.45. The van der Waals surface area contributed by atoms with E-state index in [-0.39, 0.29) is 6.03 Å². The molecule has 2 amide bonds. The molecule has 0 atom stereocenters. The van der Waals surface area contributed by atoms with Crippen LogP contribution in [0.2, 0.25) is 0 Å². The van der Waals surface area contributed by atoms with Gasteiger partial charge in [-0.25, -0.2) is 4.79 Å². The lowest BCUT2D eigenvalue weighted by molar-refractivity contribution is 0.218. The topological polar surface area (TPSA) is 37.6 Å². The van der Waals surface area contributed by atoms with E-state index in [4.69, 9.17) is 0 Å². The highest BCUT2D eigenvalue weighted by Gasteiger charge is 2.17. The molecule has 1 aromatic heterocycles. The van der Waals surface area contributed by atoms with Gasteiger partial charge in [-0.05, 0) is 37.3 Å². The highest BCUT2D eigenvalue weighted by Crippen LogP contribution is 2.18. The third-order valence-electron chi connectivity index (χ3n) is 3.49. The van der Waals surface area contributed by atoms with E-state index in [1.54, 1.807) is 11.8 Å². The SMILES string of the molecule is CSc1cccc(-n2ccs/c2=N\C(=O)N2CCCC2)c1. The molecule has 0 bridgehead atoms. The van der Waals surface area contributed by atoms with Crippen molar-refractivity contribution in [3.63, 3.8) is 0 Å². The van der Waals surface area contributed by atoms with Crippen molar-refractivity contribution in [2.45, 2.75) is 17.7 Å². The Morgan fingerprint density at radius 1 is 1.33 bits per heavy atom. The molecule has 3 rings (SSSR count). The van der Waals surface area contributed by atoms with Crippen LogP contribution in [0.3, 0.4) is 0 Å². The second-order valence-electron chi connectivity index (χ2n) is 4.85. The normalized spacial score (nSPS) is 15.7. The third-order valence-corrected chi connectivity index (χ3v) is 4.97. The van der Waals surface area contributed by atoms with Gasteiger partial charge in [-0.3, -0.25) is 4.57 Å². The number of hydrogen-bond acceptors (Lipinski definition) is 3. The van der Waals surface area contributed by atoms with Crippen LogP contribution in [0, 0.1) is 0 Å². The first-order valence-electron chi connectivity index (χ1n) is 6.92. The van der Waals surface area contributed by atoms with Crippen LogP contribution in [-0.4, -0.2) is 34.8 Å². The highest BCUT2D eigenvalue weighted by molar-refractivity contribution is 7.98. The summed E-state index contributed by atoms with van der Waals surface area (Å²) in [6.07, 6.45) is 6.18. The first-order valence-corrected chi connectivity index (χ1v) is 9.02. The minimum atomic E-state index is -0.121. The lowest BCUT2D eigenvalue weighted by atomic mass is 10.3. The highest BCUT2D eigenvalue weighted by atomic mass is 32.2. The van der Waals surface area contributed by atoms with Crippen molar-refractivity contribution in [1.29, 1.82) is 0 Å². The summed E-state index contributed by atoms with van der Waals surface area (Å²) < 4.78 is 1.97. The van der Waals surface area contributed by atoms with Crippen molar-refractivity contribution in [2.24, 2.45) is 4.99 Å². The molecule has 4 nitrogen and oxygen atoms in total. The Bertz CT molecular complexity index is 699. The molecule has 1 saturated heterocycles. The van der Waals surface area contributed by atoms with Crippen LogP contribution in [0.4, 0.5) is 4.79 Å². The smallest absolute Gasteiger partial charge is 0.323 e. The maximum absolute atomic E-state index is 12.2. The van der Waals surface area contributed by atoms with Gasteiger partial charge in [0.1, 0.15) is 0 Å². The number of urea groups is 1. The Labute approximate surface area is 132 Å². The van der Waals surface area contributed by atoms with E-state index in [9.17, 15) is 4.79 Å². The van der Waals surface area contributed by atoms with E-state index >= 15 is 0 Å². The lowest BCUT2D eigenvalue weighted by Gasteiger charge is -2.10. The molecule has 0 aliphatic carbocycles. The summed E-state index contributed by atoms with van der Waals surface area (Å²) in [6, 6.07) is 8.12. The number of carbonyl (C=O) groups excluding carboxylic acids is 1. The van der Waals surface area contributed by atoms with Crippen LogP contribution < -0.4 is 4.80 Å². The van der Waals surface area contributed by atoms with Crippen molar-refractivity contribution >= 4 is 29.1 Å². The molecule has 2 heterocycles. The predicted molar refractivity (Wildman–Crippen MR) is 87.2 cm³/mol. The fraction of sp³-hybridized carbons (Fsp3) is 0.333. The fourth-order valence-corrected chi connectivity index (χ4v) is 3.54. The average molecular weight is 319 g/mol. The van der Waals surface area contributed by atoms with Crippen LogP contribution in [0.25, 0.3) is 5.69 Å². The van der Waals surface area contributed by atoms with Gasteiger partial charge in [0.15, 0.2) is 4.80 Å². The number of amides is 2. The average Bonchev–Trinajstić information content (AvgIpc) is 3.18. The van der Waals surface area contributed by atoms with Crippen molar-refractivity contribution in [3.05, 3.63) is 40.6 Å². The number of benzene rings is 1. The van der Waals surface area contributed by atoms with Crippen LogP contribution in [0.5, 0.6) is 0 Å². The molecule has 0 unspecified atom stereocenters. The van der Waals surface area contributed by atoms with Gasteiger partial charge in [0.05, 0.1) is 0 Å². The molecule has 0 radical (unpaired) electrons. The molecule has 0 N–H and O–H groups in total. The summed E-state index contributed by atoms with van der Waals surface area (Å²) in [4.78, 5) is 20.2. The molecule has 1 fully saturated rings. The van der Waals surface area contributed by atoms with Gasteiger partial charge >= 0.3 is 6.03 Å². The first-order chi connectivity index (χ1) is 10.3. The Morgan fingerprint density at radius 3 is 2.90 bits per heavy atom. The molecular formula is C15H17N3OS2. The van der Waals surface area contributed by atoms with Crippen molar-refractivity contribution in [1.82, 2.24) is 9.47 Å². The maximum atomic E-state index is 12.2. The summed E-state index contributed by atoms with van der Waals surface area (Å²) in [5.74, 6) is 0. The number of thioether (sulfide) groups is 1. The Hall–Kier alpha value is -1.53. The molecule has 21 heavy (non-hydrogen) atoms. The van der Waals surface area contributed by atoms with Crippen molar-refractivity contribution in [2.75, 3.05) is 19.3 Å². The molecule has 1 aliphatic heterocycles. The summed E-state index contributed by atoms with van der Waals surface area (Å²) in [5.41, 5.74) is 1.04. The van der Waals surface area contributed by atoms with Gasteiger partial charge in [0.25, 0.3) is 0 Å². The van der Waals surface area contributed by atoms with E-state index < -0.39 is 0 Å². The van der Waals surface area contributed by atoms with Gasteiger partial charge in [-0.2, -0.15) is 4.99 Å². The van der Waals surface area contributed by atoms with Gasteiger partial charge in [0.2, 0.25) is 0 Å². The fourth-order valence-electron chi connectivity index (χ4n) is 2.37. The zero-order valence-corrected chi connectivity index (χ0v) is 13.5. The van der Waals surface area contributed by atoms with E-state index in [2.05, 4.69) is 23.4 Å². The molecule has 110 valence electrons. The van der Waals surface area contributed by atoms with Crippen molar-refractivity contribution in [3.8, 4) is 5.69 Å². The van der Waals surface area contributed by atoms with Crippen LogP contribution in [0.15, 0.2) is 45.7 Å². The van der Waals surface area contributed by atoms with Crippen LogP contribution in [0.1, 0.15) is 12.8 Å². The number of likely N-dealkylation sites (tertiary alicyclic amines) is 1. The summed E-state index contributed by atoms with van der Waals surface area (Å²) in [6.45, 7) is 1.66. The molecule has 6 heteroatoms. The van der Waals surface area contributed by atoms with Gasteiger partial charge in [-0.15, -0.1) is 23.1 Å². The predicted octanol–water partition coefficient (Wildman–Crippen LogP) is 3.38. The van der Waals surface area contributed by atoms with Gasteiger partial charge in [0, 0.05) is 35.2 Å². The largest absolute Gasteiger partial charge is 0.346 e. The number of hydrogen-bond donors (Lipinski definition) is 0. The Balaban J connectivity index is 1.94. The van der Waals surface area contributed by atoms with Gasteiger partial charge < -0.3 is 4.90 Å². The van der Waals surface area contributed by atoms with E-state index in [0.717, 1.165) is 36.4 Å². The molecule has 0 spiro atoms. The summed E-state index contributed by atoms with van der Waals surface area (Å²) in [7, 11) is 0. The number of carbonyl (C=O) groups is 1. The van der Waals surface area contributed by atoms with E-state index in [0.29, 0.717) is 0 Å². The number of thiazole rings is 1. The lowest BCUT2D eigenvalue weighted by Crippen LogP contribution is -2.27. The molecular weight excluding hydrogens is 302 g/mol. The quantitative estimate of drug-likeness (QED) is 0.796. The number of rotatable bonds is 2. The summed E-state index contributed by atoms with van der Waals surface area (Å²) in [5, 5.41) is 1.96. The molecule has 1 aliphatic rings. The standard InChI is InChI=1S/C15H17N3OS2/c1-20-13-6-4-5-12(11-13)18-9-10-21-15(18)16-14(19)17-7-2-3-8-17/h4-6,9-11H,2-3,7-8H2,1H3/b16-15-. The summed E-state index contributed by atoms with van der Waals surface area (Å²) >= 11 is 3.19. The second-order valence-corrected chi connectivity index (χ2v) is 6.60. The minimum absolute atomic E-state index is 0.121.